The zero-order valence-electron chi connectivity index (χ0n) is 12.1. The first kappa shape index (κ1) is 15.9. The maximum absolute atomic E-state index is 10.5. The number of likely N-dealkylation sites (tertiary alicyclic amines) is 1. The van der Waals surface area contributed by atoms with E-state index >= 15 is 0 Å². The van der Waals surface area contributed by atoms with Gasteiger partial charge in [-0.25, -0.2) is 0 Å². The Kier molecular flexibility index (Phi) is 7.38. The van der Waals surface area contributed by atoms with E-state index in [1.807, 2.05) is 6.08 Å². The summed E-state index contributed by atoms with van der Waals surface area (Å²) in [6.07, 6.45) is 9.60. The molecule has 0 aliphatic carbocycles. The number of nitrogens with zero attached hydrogens (tertiary/aromatic N) is 1. The number of hydrogen-bond acceptors (Lipinski definition) is 3. The van der Waals surface area contributed by atoms with E-state index in [4.69, 9.17) is 4.74 Å². The Morgan fingerprint density at radius 1 is 1.37 bits per heavy atom. The zero-order chi connectivity index (χ0) is 14.1. The van der Waals surface area contributed by atoms with E-state index in [-0.39, 0.29) is 0 Å². The summed E-state index contributed by atoms with van der Waals surface area (Å²) in [6.45, 7) is 9.18. The van der Waals surface area contributed by atoms with Gasteiger partial charge in [-0.1, -0.05) is 24.8 Å². The Morgan fingerprint density at radius 3 is 2.58 bits per heavy atom. The van der Waals surface area contributed by atoms with E-state index in [2.05, 4.69) is 30.6 Å². The van der Waals surface area contributed by atoms with Crippen molar-refractivity contribution in [2.24, 2.45) is 5.92 Å². The van der Waals surface area contributed by atoms with Gasteiger partial charge in [0, 0.05) is 7.11 Å². The molecule has 0 radical (unpaired) electrons. The minimum absolute atomic E-state index is 0.568. The van der Waals surface area contributed by atoms with Crippen LogP contribution >= 0.6 is 0 Å². The Morgan fingerprint density at radius 2 is 2.05 bits per heavy atom. The molecule has 0 bridgehead atoms. The van der Waals surface area contributed by atoms with Gasteiger partial charge in [-0.3, -0.25) is 4.90 Å². The standard InChI is InChI=1S/C16H25NO2/c1-4-15(6-5-14(2)13-19-3)16-7-9-17(10-8-16)11-12-18/h4-6,12,16H,2,7-11,13H2,1,3H3/b6-5-,15-4+. The van der Waals surface area contributed by atoms with Crippen LogP contribution in [0, 0.1) is 5.92 Å². The van der Waals surface area contributed by atoms with Gasteiger partial charge < -0.3 is 9.53 Å². The highest BCUT2D eigenvalue weighted by Gasteiger charge is 2.20. The Labute approximate surface area is 116 Å². The molecule has 0 aromatic heterocycles. The lowest BCUT2D eigenvalue weighted by Gasteiger charge is -2.31. The van der Waals surface area contributed by atoms with Gasteiger partial charge in [-0.05, 0) is 49.9 Å². The summed E-state index contributed by atoms with van der Waals surface area (Å²) in [4.78, 5) is 12.7. The molecule has 1 saturated heterocycles. The molecule has 0 aromatic rings. The van der Waals surface area contributed by atoms with Crippen molar-refractivity contribution in [2.75, 3.05) is 33.4 Å². The fourth-order valence-electron chi connectivity index (χ4n) is 2.47. The molecule has 1 fully saturated rings. The first-order valence-electron chi connectivity index (χ1n) is 6.88. The molecule has 1 aliphatic heterocycles. The van der Waals surface area contributed by atoms with Gasteiger partial charge >= 0.3 is 0 Å². The first-order valence-corrected chi connectivity index (χ1v) is 6.88. The summed E-state index contributed by atoms with van der Waals surface area (Å²) in [6, 6.07) is 0. The summed E-state index contributed by atoms with van der Waals surface area (Å²) in [7, 11) is 1.68. The van der Waals surface area contributed by atoms with Crippen LogP contribution in [0.5, 0.6) is 0 Å². The molecule has 0 atom stereocenters. The molecule has 0 saturated carbocycles. The lowest BCUT2D eigenvalue weighted by atomic mass is 9.88. The Bertz CT molecular complexity index is 350. The second-order valence-corrected chi connectivity index (χ2v) is 4.95. The molecule has 0 unspecified atom stereocenters. The quantitative estimate of drug-likeness (QED) is 0.522. The van der Waals surface area contributed by atoms with Crippen LogP contribution in [-0.2, 0) is 9.53 Å². The number of ether oxygens (including phenoxy) is 1. The molecule has 0 spiro atoms. The molecule has 0 aromatic carbocycles. The van der Waals surface area contributed by atoms with Gasteiger partial charge in [0.05, 0.1) is 13.2 Å². The molecule has 1 rings (SSSR count). The van der Waals surface area contributed by atoms with Crippen molar-refractivity contribution >= 4 is 6.29 Å². The monoisotopic (exact) mass is 263 g/mol. The SMILES string of the molecule is C=C(/C=C\C(=C/C)C1CCN(CC=O)CC1)COC. The van der Waals surface area contributed by atoms with Gasteiger partial charge in [0.2, 0.25) is 0 Å². The van der Waals surface area contributed by atoms with E-state index in [0.29, 0.717) is 19.1 Å². The largest absolute Gasteiger partial charge is 0.380 e. The molecule has 0 N–H and O–H groups in total. The van der Waals surface area contributed by atoms with Gasteiger partial charge in [0.15, 0.2) is 0 Å². The average molecular weight is 263 g/mol. The smallest absolute Gasteiger partial charge is 0.133 e. The number of allylic oxidation sites excluding steroid dienone is 3. The molecule has 19 heavy (non-hydrogen) atoms. The van der Waals surface area contributed by atoms with Crippen LogP contribution in [0.25, 0.3) is 0 Å². The summed E-state index contributed by atoms with van der Waals surface area (Å²) in [5.41, 5.74) is 2.35. The summed E-state index contributed by atoms with van der Waals surface area (Å²) < 4.78 is 5.05. The van der Waals surface area contributed by atoms with Crippen molar-refractivity contribution in [1.82, 2.24) is 4.90 Å². The average Bonchev–Trinajstić information content (AvgIpc) is 2.42. The van der Waals surface area contributed by atoms with E-state index < -0.39 is 0 Å². The molecule has 106 valence electrons. The maximum Gasteiger partial charge on any atom is 0.133 e. The third-order valence-electron chi connectivity index (χ3n) is 3.57. The minimum atomic E-state index is 0.568. The van der Waals surface area contributed by atoms with Gasteiger partial charge in [0.1, 0.15) is 6.29 Å². The first-order chi connectivity index (χ1) is 9.21. The summed E-state index contributed by atoms with van der Waals surface area (Å²) in [5.74, 6) is 0.597. The normalized spacial score (nSPS) is 18.9. The lowest BCUT2D eigenvalue weighted by molar-refractivity contribution is -0.109. The third-order valence-corrected chi connectivity index (χ3v) is 3.57. The second kappa shape index (κ2) is 8.83. The van der Waals surface area contributed by atoms with Gasteiger partial charge in [0.25, 0.3) is 0 Å². The highest BCUT2D eigenvalue weighted by molar-refractivity contribution is 5.52. The molecule has 1 heterocycles. The van der Waals surface area contributed by atoms with Crippen molar-refractivity contribution in [2.45, 2.75) is 19.8 Å². The van der Waals surface area contributed by atoms with E-state index in [1.165, 1.54) is 5.57 Å². The molecule has 0 amide bonds. The van der Waals surface area contributed by atoms with Crippen LogP contribution in [-0.4, -0.2) is 44.5 Å². The summed E-state index contributed by atoms with van der Waals surface area (Å²) in [5, 5.41) is 0. The highest BCUT2D eigenvalue weighted by atomic mass is 16.5. The molecular weight excluding hydrogens is 238 g/mol. The number of carbonyl (C=O) groups excluding carboxylic acids is 1. The highest BCUT2D eigenvalue weighted by Crippen LogP contribution is 2.25. The third kappa shape index (κ3) is 5.53. The zero-order valence-corrected chi connectivity index (χ0v) is 12.1. The van der Waals surface area contributed by atoms with Crippen molar-refractivity contribution in [3.8, 4) is 0 Å². The van der Waals surface area contributed by atoms with E-state index in [9.17, 15) is 4.79 Å². The molecule has 1 aliphatic rings. The van der Waals surface area contributed by atoms with Crippen molar-refractivity contribution < 1.29 is 9.53 Å². The Balaban J connectivity index is 2.49. The van der Waals surface area contributed by atoms with E-state index in [1.54, 1.807) is 7.11 Å². The predicted octanol–water partition coefficient (Wildman–Crippen LogP) is 2.60. The number of carbonyl (C=O) groups is 1. The number of hydrogen-bond donors (Lipinski definition) is 0. The molecular formula is C16H25NO2. The molecule has 3 nitrogen and oxygen atoms in total. The van der Waals surface area contributed by atoms with Crippen molar-refractivity contribution in [3.05, 3.63) is 36.0 Å². The van der Waals surface area contributed by atoms with Gasteiger partial charge in [-0.2, -0.15) is 0 Å². The number of methoxy groups -OCH3 is 1. The fraction of sp³-hybridized carbons (Fsp3) is 0.562. The van der Waals surface area contributed by atoms with E-state index in [0.717, 1.165) is 37.8 Å². The maximum atomic E-state index is 10.5. The van der Waals surface area contributed by atoms with Crippen LogP contribution in [0.1, 0.15) is 19.8 Å². The number of piperidine rings is 1. The number of aldehydes is 1. The summed E-state index contributed by atoms with van der Waals surface area (Å²) >= 11 is 0. The Hall–Kier alpha value is -1.19. The van der Waals surface area contributed by atoms with Crippen molar-refractivity contribution in [1.29, 1.82) is 0 Å². The number of rotatable bonds is 7. The molecule has 3 heteroatoms. The fourth-order valence-corrected chi connectivity index (χ4v) is 2.47. The lowest BCUT2D eigenvalue weighted by Crippen LogP contribution is -2.35. The van der Waals surface area contributed by atoms with Crippen LogP contribution in [0.15, 0.2) is 36.0 Å². The van der Waals surface area contributed by atoms with Crippen LogP contribution in [0.2, 0.25) is 0 Å². The minimum Gasteiger partial charge on any atom is -0.380 e. The predicted molar refractivity (Wildman–Crippen MR) is 79.1 cm³/mol. The van der Waals surface area contributed by atoms with Crippen molar-refractivity contribution in [3.63, 3.8) is 0 Å². The van der Waals surface area contributed by atoms with Gasteiger partial charge in [-0.15, -0.1) is 0 Å². The second-order valence-electron chi connectivity index (χ2n) is 4.95. The topological polar surface area (TPSA) is 29.5 Å². The van der Waals surface area contributed by atoms with Crippen LogP contribution in [0.3, 0.4) is 0 Å². The van der Waals surface area contributed by atoms with Crippen LogP contribution in [0.4, 0.5) is 0 Å². The van der Waals surface area contributed by atoms with Crippen LogP contribution < -0.4 is 0 Å².